The second kappa shape index (κ2) is 6.62. The topological polar surface area (TPSA) is 96.9 Å². The molecule has 2 aliphatic heterocycles. The van der Waals surface area contributed by atoms with Crippen LogP contribution in [0.4, 0.5) is 4.79 Å². The van der Waals surface area contributed by atoms with E-state index in [-0.39, 0.29) is 25.3 Å². The van der Waals surface area contributed by atoms with E-state index < -0.39 is 17.4 Å². The van der Waals surface area contributed by atoms with Gasteiger partial charge in [-0.25, -0.2) is 4.79 Å². The quantitative estimate of drug-likeness (QED) is 0.690. The third-order valence-electron chi connectivity index (χ3n) is 4.52. The highest BCUT2D eigenvalue weighted by Gasteiger charge is 2.47. The van der Waals surface area contributed by atoms with Crippen molar-refractivity contribution in [1.29, 1.82) is 0 Å². The number of carboxylic acid groups (broad SMARTS) is 1. The first-order valence-electron chi connectivity index (χ1n) is 7.44. The fraction of sp³-hybridized carbons (Fsp3) is 0.857. The fourth-order valence-corrected chi connectivity index (χ4v) is 2.90. The van der Waals surface area contributed by atoms with Crippen LogP contribution in [0.25, 0.3) is 0 Å². The Morgan fingerprint density at radius 1 is 1.43 bits per heavy atom. The van der Waals surface area contributed by atoms with E-state index in [9.17, 15) is 14.7 Å². The summed E-state index contributed by atoms with van der Waals surface area (Å²) in [6, 6.07) is -0.864. The monoisotopic (exact) mass is 300 g/mol. The molecular formula is C14H24N2O5. The molecule has 0 aliphatic carbocycles. The number of carbonyl (C=O) groups excluding carboxylic acids is 1. The van der Waals surface area contributed by atoms with Gasteiger partial charge in [-0.1, -0.05) is 6.92 Å². The predicted octanol–water partition coefficient (Wildman–Crippen LogP) is 0.590. The molecule has 21 heavy (non-hydrogen) atoms. The van der Waals surface area contributed by atoms with Gasteiger partial charge in [0.1, 0.15) is 5.41 Å². The zero-order valence-electron chi connectivity index (χ0n) is 12.6. The molecule has 120 valence electrons. The normalized spacial score (nSPS) is 35.6. The molecule has 2 amide bonds. The Kier molecular flexibility index (Phi) is 5.05. The number of amides is 2. The Morgan fingerprint density at radius 2 is 2.19 bits per heavy atom. The van der Waals surface area contributed by atoms with Gasteiger partial charge in [-0.15, -0.1) is 0 Å². The summed E-state index contributed by atoms with van der Waals surface area (Å²) in [6.07, 6.45) is 2.07. The Hall–Kier alpha value is -1.34. The predicted molar refractivity (Wildman–Crippen MR) is 75.0 cm³/mol. The summed E-state index contributed by atoms with van der Waals surface area (Å²) in [5, 5.41) is 14.8. The largest absolute Gasteiger partial charge is 0.481 e. The van der Waals surface area contributed by atoms with Crippen molar-refractivity contribution < 1.29 is 24.2 Å². The van der Waals surface area contributed by atoms with Crippen molar-refractivity contribution in [3.05, 3.63) is 0 Å². The molecule has 0 aromatic carbocycles. The number of rotatable bonds is 5. The molecule has 0 spiro atoms. The molecule has 4 atom stereocenters. The van der Waals surface area contributed by atoms with Crippen LogP contribution in [0.2, 0.25) is 0 Å². The lowest BCUT2D eigenvalue weighted by Gasteiger charge is -2.26. The van der Waals surface area contributed by atoms with Gasteiger partial charge in [-0.3, -0.25) is 4.79 Å². The summed E-state index contributed by atoms with van der Waals surface area (Å²) in [4.78, 5) is 23.2. The van der Waals surface area contributed by atoms with Crippen LogP contribution >= 0.6 is 0 Å². The van der Waals surface area contributed by atoms with E-state index in [0.29, 0.717) is 12.5 Å². The van der Waals surface area contributed by atoms with Crippen LogP contribution in [0.15, 0.2) is 0 Å². The van der Waals surface area contributed by atoms with Gasteiger partial charge in [0.15, 0.2) is 0 Å². The lowest BCUT2D eigenvalue weighted by Crippen LogP contribution is -2.53. The molecule has 2 aliphatic rings. The molecule has 7 heteroatoms. The minimum absolute atomic E-state index is 0.113. The maximum atomic E-state index is 11.9. The lowest BCUT2D eigenvalue weighted by atomic mass is 9.85. The van der Waals surface area contributed by atoms with E-state index in [2.05, 4.69) is 17.6 Å². The van der Waals surface area contributed by atoms with Crippen LogP contribution in [-0.2, 0) is 14.3 Å². The van der Waals surface area contributed by atoms with Gasteiger partial charge < -0.3 is 25.2 Å². The summed E-state index contributed by atoms with van der Waals surface area (Å²) < 4.78 is 10.8. The van der Waals surface area contributed by atoms with Crippen LogP contribution in [0.3, 0.4) is 0 Å². The molecule has 2 saturated heterocycles. The molecule has 0 aromatic heterocycles. The van der Waals surface area contributed by atoms with Gasteiger partial charge in [0.25, 0.3) is 0 Å². The molecular weight excluding hydrogens is 276 g/mol. The SMILES string of the molecule is CCC1OCCC1CNC(=O)NC1COCC1(C)C(=O)O. The minimum atomic E-state index is -1.07. The van der Waals surface area contributed by atoms with Gasteiger partial charge in [0, 0.05) is 19.1 Å². The van der Waals surface area contributed by atoms with Gasteiger partial charge in [-0.2, -0.15) is 0 Å². The molecule has 7 nitrogen and oxygen atoms in total. The van der Waals surface area contributed by atoms with E-state index in [1.807, 2.05) is 0 Å². The Labute approximate surface area is 124 Å². The molecule has 4 unspecified atom stereocenters. The van der Waals surface area contributed by atoms with Crippen LogP contribution in [0, 0.1) is 11.3 Å². The Morgan fingerprint density at radius 3 is 2.86 bits per heavy atom. The molecule has 2 rings (SSSR count). The van der Waals surface area contributed by atoms with E-state index >= 15 is 0 Å². The highest BCUT2D eigenvalue weighted by atomic mass is 16.5. The van der Waals surface area contributed by atoms with Crippen LogP contribution in [0.5, 0.6) is 0 Å². The zero-order valence-corrected chi connectivity index (χ0v) is 12.6. The standard InChI is InChI=1S/C14H24N2O5/c1-3-10-9(4-5-21-10)6-15-13(19)16-11-7-20-8-14(11,2)12(17)18/h9-11H,3-8H2,1-2H3,(H,17,18)(H2,15,16,19). The average Bonchev–Trinajstić information content (AvgIpc) is 3.04. The third kappa shape index (κ3) is 3.47. The number of aliphatic carboxylic acids is 1. The van der Waals surface area contributed by atoms with Gasteiger partial charge in [0.05, 0.1) is 25.4 Å². The molecule has 0 saturated carbocycles. The van der Waals surface area contributed by atoms with Gasteiger partial charge in [-0.05, 0) is 19.8 Å². The number of carboxylic acids is 1. The van der Waals surface area contributed by atoms with Crippen molar-refractivity contribution >= 4 is 12.0 Å². The summed E-state index contributed by atoms with van der Waals surface area (Å²) in [5.74, 6) is -0.632. The van der Waals surface area contributed by atoms with E-state index in [4.69, 9.17) is 9.47 Å². The average molecular weight is 300 g/mol. The smallest absolute Gasteiger partial charge is 0.315 e. The molecule has 0 radical (unpaired) electrons. The molecule has 2 fully saturated rings. The number of hydrogen-bond acceptors (Lipinski definition) is 4. The fourth-order valence-electron chi connectivity index (χ4n) is 2.90. The van der Waals surface area contributed by atoms with Crippen LogP contribution in [0.1, 0.15) is 26.7 Å². The van der Waals surface area contributed by atoms with Crippen molar-refractivity contribution in [2.24, 2.45) is 11.3 Å². The molecule has 3 N–H and O–H groups in total. The first-order chi connectivity index (χ1) is 9.97. The summed E-state index contributed by atoms with van der Waals surface area (Å²) in [6.45, 7) is 5.27. The van der Waals surface area contributed by atoms with Crippen molar-refractivity contribution in [3.63, 3.8) is 0 Å². The highest BCUT2D eigenvalue weighted by Crippen LogP contribution is 2.28. The van der Waals surface area contributed by atoms with Crippen molar-refractivity contribution in [2.45, 2.75) is 38.8 Å². The maximum Gasteiger partial charge on any atom is 0.315 e. The van der Waals surface area contributed by atoms with E-state index in [1.165, 1.54) is 0 Å². The molecule has 0 bridgehead atoms. The van der Waals surface area contributed by atoms with E-state index in [0.717, 1.165) is 19.4 Å². The second-order valence-corrected chi connectivity index (χ2v) is 6.01. The Bertz CT molecular complexity index is 403. The number of hydrogen-bond donors (Lipinski definition) is 3. The Balaban J connectivity index is 1.80. The first kappa shape index (κ1) is 16.0. The van der Waals surface area contributed by atoms with Crippen molar-refractivity contribution in [2.75, 3.05) is 26.4 Å². The zero-order chi connectivity index (χ0) is 15.5. The second-order valence-electron chi connectivity index (χ2n) is 6.01. The third-order valence-corrected chi connectivity index (χ3v) is 4.52. The van der Waals surface area contributed by atoms with Crippen LogP contribution < -0.4 is 10.6 Å². The van der Waals surface area contributed by atoms with Gasteiger partial charge >= 0.3 is 12.0 Å². The molecule has 0 aromatic rings. The highest BCUT2D eigenvalue weighted by molar-refractivity contribution is 5.79. The van der Waals surface area contributed by atoms with Crippen molar-refractivity contribution in [1.82, 2.24) is 10.6 Å². The van der Waals surface area contributed by atoms with Crippen LogP contribution in [-0.4, -0.2) is 55.6 Å². The maximum absolute atomic E-state index is 11.9. The van der Waals surface area contributed by atoms with Gasteiger partial charge in [0.2, 0.25) is 0 Å². The molecule has 2 heterocycles. The number of ether oxygens (including phenoxy) is 2. The number of carbonyl (C=O) groups is 2. The summed E-state index contributed by atoms with van der Waals surface area (Å²) in [7, 11) is 0. The number of urea groups is 1. The summed E-state index contributed by atoms with van der Waals surface area (Å²) >= 11 is 0. The minimum Gasteiger partial charge on any atom is -0.481 e. The lowest BCUT2D eigenvalue weighted by molar-refractivity contribution is -0.148. The van der Waals surface area contributed by atoms with E-state index in [1.54, 1.807) is 6.92 Å². The first-order valence-corrected chi connectivity index (χ1v) is 7.44. The summed E-state index contributed by atoms with van der Waals surface area (Å²) in [5.41, 5.74) is -1.07. The van der Waals surface area contributed by atoms with Crippen molar-refractivity contribution in [3.8, 4) is 0 Å². The number of nitrogens with one attached hydrogen (secondary N) is 2.